The molecule has 0 unspecified atom stereocenters. The van der Waals surface area contributed by atoms with Crippen LogP contribution in [-0.2, 0) is 11.2 Å². The Morgan fingerprint density at radius 3 is 2.68 bits per heavy atom. The first-order valence-electron chi connectivity index (χ1n) is 6.44. The normalized spacial score (nSPS) is 10.2. The minimum atomic E-state index is -0.427. The zero-order valence-corrected chi connectivity index (χ0v) is 11.3. The van der Waals surface area contributed by atoms with E-state index in [9.17, 15) is 14.9 Å². The minimum absolute atomic E-state index is 0.00548. The van der Waals surface area contributed by atoms with Crippen molar-refractivity contribution in [2.24, 2.45) is 0 Å². The van der Waals surface area contributed by atoms with E-state index in [-0.39, 0.29) is 11.5 Å². The van der Waals surface area contributed by atoms with E-state index < -0.39 is 4.92 Å². The van der Waals surface area contributed by atoms with Crippen molar-refractivity contribution in [2.45, 2.75) is 39.5 Å². The zero-order valence-electron chi connectivity index (χ0n) is 11.3. The zero-order chi connectivity index (χ0) is 14.3. The summed E-state index contributed by atoms with van der Waals surface area (Å²) in [5.74, 6) is 0.448. The maximum Gasteiger partial charge on any atom is 0.311 e. The van der Waals surface area contributed by atoms with Gasteiger partial charge in [0.25, 0.3) is 0 Å². The van der Waals surface area contributed by atoms with Gasteiger partial charge >= 0.3 is 5.69 Å². The third-order valence-corrected chi connectivity index (χ3v) is 2.81. The van der Waals surface area contributed by atoms with Gasteiger partial charge in [-0.25, -0.2) is 0 Å². The number of nitro benzene ring substituents is 1. The molecular weight excluding hydrogens is 246 g/mol. The van der Waals surface area contributed by atoms with E-state index in [1.165, 1.54) is 0 Å². The number of rotatable bonds is 8. The second-order valence-corrected chi connectivity index (χ2v) is 4.42. The van der Waals surface area contributed by atoms with Crippen molar-refractivity contribution in [3.8, 4) is 5.75 Å². The molecule has 19 heavy (non-hydrogen) atoms. The summed E-state index contributed by atoms with van der Waals surface area (Å²) in [5.41, 5.74) is 0.918. The monoisotopic (exact) mass is 265 g/mol. The lowest BCUT2D eigenvalue weighted by molar-refractivity contribution is -0.385. The van der Waals surface area contributed by atoms with E-state index in [0.717, 1.165) is 18.4 Å². The molecule has 0 aliphatic carbocycles. The summed E-state index contributed by atoms with van der Waals surface area (Å²) in [6, 6.07) is 5.02. The van der Waals surface area contributed by atoms with Crippen LogP contribution in [0.1, 0.15) is 38.7 Å². The number of carbonyl (C=O) groups excluding carboxylic acids is 1. The molecule has 0 atom stereocenters. The highest BCUT2D eigenvalue weighted by Gasteiger charge is 2.15. The predicted octanol–water partition coefficient (Wildman–Crippen LogP) is 3.30. The number of unbranched alkanes of at least 4 members (excludes halogenated alkanes) is 1. The maximum atomic E-state index is 10.9. The Bertz CT molecular complexity index is 457. The van der Waals surface area contributed by atoms with Gasteiger partial charge in [-0.1, -0.05) is 13.0 Å². The van der Waals surface area contributed by atoms with Crippen molar-refractivity contribution in [3.05, 3.63) is 33.9 Å². The number of benzene rings is 1. The lowest BCUT2D eigenvalue weighted by Gasteiger charge is -2.07. The van der Waals surface area contributed by atoms with Gasteiger partial charge in [0.05, 0.1) is 11.5 Å². The van der Waals surface area contributed by atoms with Crippen LogP contribution in [0.25, 0.3) is 0 Å². The third-order valence-electron chi connectivity index (χ3n) is 2.81. The lowest BCUT2D eigenvalue weighted by atomic mass is 10.1. The molecule has 0 bridgehead atoms. The molecule has 1 rings (SSSR count). The summed E-state index contributed by atoms with van der Waals surface area (Å²) >= 11 is 0. The number of hydrogen-bond donors (Lipinski definition) is 0. The highest BCUT2D eigenvalue weighted by atomic mass is 16.6. The first-order valence-corrected chi connectivity index (χ1v) is 6.44. The molecule has 0 N–H and O–H groups in total. The van der Waals surface area contributed by atoms with E-state index >= 15 is 0 Å². The highest BCUT2D eigenvalue weighted by molar-refractivity contribution is 5.75. The summed E-state index contributed by atoms with van der Waals surface area (Å²) in [6.07, 6.45) is 2.74. The van der Waals surface area contributed by atoms with Gasteiger partial charge in [0.1, 0.15) is 5.78 Å². The molecule has 0 fully saturated rings. The first kappa shape index (κ1) is 15.1. The SMILES string of the molecule is CCc1ccc(OCCCCC(C)=O)c([N+](=O)[O-])c1. The van der Waals surface area contributed by atoms with Crippen LogP contribution in [0.5, 0.6) is 5.75 Å². The Morgan fingerprint density at radius 2 is 2.11 bits per heavy atom. The molecule has 0 radical (unpaired) electrons. The Balaban J connectivity index is 2.57. The number of nitrogens with zero attached hydrogens (tertiary/aromatic N) is 1. The van der Waals surface area contributed by atoms with Crippen LogP contribution in [0.2, 0.25) is 0 Å². The lowest BCUT2D eigenvalue weighted by Crippen LogP contribution is -2.02. The first-order chi connectivity index (χ1) is 9.04. The fourth-order valence-corrected chi connectivity index (χ4v) is 1.71. The molecule has 0 amide bonds. The molecule has 1 aromatic carbocycles. The number of ether oxygens (including phenoxy) is 1. The molecule has 0 aromatic heterocycles. The molecule has 0 saturated heterocycles. The Morgan fingerprint density at radius 1 is 1.37 bits per heavy atom. The summed E-state index contributed by atoms with van der Waals surface area (Å²) in [4.78, 5) is 21.3. The number of aryl methyl sites for hydroxylation is 1. The van der Waals surface area contributed by atoms with Gasteiger partial charge in [0.15, 0.2) is 5.75 Å². The summed E-state index contributed by atoms with van der Waals surface area (Å²) in [6.45, 7) is 3.89. The molecule has 1 aromatic rings. The van der Waals surface area contributed by atoms with Gasteiger partial charge < -0.3 is 9.53 Å². The van der Waals surface area contributed by atoms with Gasteiger partial charge in [0.2, 0.25) is 0 Å². The van der Waals surface area contributed by atoms with Crippen molar-refractivity contribution in [1.29, 1.82) is 0 Å². The number of Topliss-reactive ketones (excluding diaryl/α,β-unsaturated/α-hetero) is 1. The minimum Gasteiger partial charge on any atom is -0.487 e. The van der Waals surface area contributed by atoms with Gasteiger partial charge in [0, 0.05) is 12.5 Å². The number of carbonyl (C=O) groups is 1. The summed E-state index contributed by atoms with van der Waals surface area (Å²) < 4.78 is 5.43. The van der Waals surface area contributed by atoms with E-state index in [1.807, 2.05) is 13.0 Å². The summed E-state index contributed by atoms with van der Waals surface area (Å²) in [7, 11) is 0. The van der Waals surface area contributed by atoms with E-state index in [4.69, 9.17) is 4.74 Å². The largest absolute Gasteiger partial charge is 0.487 e. The highest BCUT2D eigenvalue weighted by Crippen LogP contribution is 2.28. The second kappa shape index (κ2) is 7.51. The van der Waals surface area contributed by atoms with Gasteiger partial charge in [-0.05, 0) is 37.8 Å². The number of ketones is 1. The van der Waals surface area contributed by atoms with Crippen LogP contribution in [0.15, 0.2) is 18.2 Å². The van der Waals surface area contributed by atoms with Crippen LogP contribution in [-0.4, -0.2) is 17.3 Å². The smallest absolute Gasteiger partial charge is 0.311 e. The predicted molar refractivity (Wildman–Crippen MR) is 72.5 cm³/mol. The van der Waals surface area contributed by atoms with Gasteiger partial charge in [-0.15, -0.1) is 0 Å². The second-order valence-electron chi connectivity index (χ2n) is 4.42. The Kier molecular flexibility index (Phi) is 5.99. The molecule has 0 aliphatic heterocycles. The third kappa shape index (κ3) is 5.07. The Hall–Kier alpha value is -1.91. The molecule has 0 heterocycles. The van der Waals surface area contributed by atoms with Crippen LogP contribution in [0.3, 0.4) is 0 Å². The van der Waals surface area contributed by atoms with Crippen LogP contribution in [0.4, 0.5) is 5.69 Å². The van der Waals surface area contributed by atoms with Crippen molar-refractivity contribution in [2.75, 3.05) is 6.61 Å². The molecule has 0 aliphatic rings. The fourth-order valence-electron chi connectivity index (χ4n) is 1.71. The Labute approximate surface area is 112 Å². The maximum absolute atomic E-state index is 10.9. The number of nitro groups is 1. The van der Waals surface area contributed by atoms with Crippen molar-refractivity contribution < 1.29 is 14.5 Å². The van der Waals surface area contributed by atoms with Crippen molar-refractivity contribution in [1.82, 2.24) is 0 Å². The topological polar surface area (TPSA) is 69.4 Å². The summed E-state index contributed by atoms with van der Waals surface area (Å²) in [5, 5.41) is 10.9. The molecule has 104 valence electrons. The van der Waals surface area contributed by atoms with Crippen LogP contribution in [0, 0.1) is 10.1 Å². The van der Waals surface area contributed by atoms with Crippen molar-refractivity contribution >= 4 is 11.5 Å². The van der Waals surface area contributed by atoms with Gasteiger partial charge in [-0.2, -0.15) is 0 Å². The quantitative estimate of drug-likeness (QED) is 0.411. The van der Waals surface area contributed by atoms with E-state index in [2.05, 4.69) is 0 Å². The van der Waals surface area contributed by atoms with Crippen LogP contribution < -0.4 is 4.74 Å². The standard InChI is InChI=1S/C14H19NO4/c1-3-12-7-8-14(13(10-12)15(17)18)19-9-5-4-6-11(2)16/h7-8,10H,3-6,9H2,1-2H3. The average Bonchev–Trinajstić information content (AvgIpc) is 2.38. The molecule has 5 heteroatoms. The molecule has 0 spiro atoms. The van der Waals surface area contributed by atoms with E-state index in [0.29, 0.717) is 25.2 Å². The van der Waals surface area contributed by atoms with Gasteiger partial charge in [-0.3, -0.25) is 10.1 Å². The number of hydrogen-bond acceptors (Lipinski definition) is 4. The molecular formula is C14H19NO4. The fraction of sp³-hybridized carbons (Fsp3) is 0.500. The van der Waals surface area contributed by atoms with Crippen LogP contribution >= 0.6 is 0 Å². The van der Waals surface area contributed by atoms with E-state index in [1.54, 1.807) is 19.1 Å². The van der Waals surface area contributed by atoms with Crippen molar-refractivity contribution in [3.63, 3.8) is 0 Å². The molecule has 0 saturated carbocycles. The molecule has 5 nitrogen and oxygen atoms in total. The average molecular weight is 265 g/mol.